The smallest absolute Gasteiger partial charge is 0.333 e. The van der Waals surface area contributed by atoms with Gasteiger partial charge in [-0.1, -0.05) is 6.58 Å². The van der Waals surface area contributed by atoms with Crippen molar-refractivity contribution in [1.29, 1.82) is 0 Å². The lowest BCUT2D eigenvalue weighted by Crippen LogP contribution is -2.31. The fourth-order valence-corrected chi connectivity index (χ4v) is 1.70. The third-order valence-electron chi connectivity index (χ3n) is 2.65. The number of carbonyl (C=O) groups excluding carboxylic acids is 1. The first kappa shape index (κ1) is 11.2. The molecule has 1 saturated heterocycles. The van der Waals surface area contributed by atoms with Crippen LogP contribution in [-0.2, 0) is 9.53 Å². The minimum Gasteiger partial charge on any atom is -0.461 e. The molecule has 1 aliphatic heterocycles. The molecule has 0 bridgehead atoms. The molecule has 3 heteroatoms. The topological polar surface area (TPSA) is 29.5 Å². The highest BCUT2D eigenvalue weighted by Gasteiger charge is 2.19. The summed E-state index contributed by atoms with van der Waals surface area (Å²) in [6, 6.07) is 0.638. The number of nitrogens with zero attached hydrogens (tertiary/aromatic N) is 1. The highest BCUT2D eigenvalue weighted by molar-refractivity contribution is 5.86. The quantitative estimate of drug-likeness (QED) is 0.506. The van der Waals surface area contributed by atoms with E-state index in [2.05, 4.69) is 18.4 Å². The van der Waals surface area contributed by atoms with Gasteiger partial charge in [-0.3, -0.25) is 4.90 Å². The number of esters is 1. The van der Waals surface area contributed by atoms with E-state index in [1.807, 2.05) is 0 Å². The zero-order valence-electron chi connectivity index (χ0n) is 9.08. The molecule has 0 aliphatic carbocycles. The van der Waals surface area contributed by atoms with E-state index in [1.165, 1.54) is 12.8 Å². The zero-order valence-corrected chi connectivity index (χ0v) is 9.08. The van der Waals surface area contributed by atoms with Crippen LogP contribution < -0.4 is 0 Å². The van der Waals surface area contributed by atoms with Crippen LogP contribution >= 0.6 is 0 Å². The van der Waals surface area contributed by atoms with E-state index in [0.717, 1.165) is 13.1 Å². The molecule has 14 heavy (non-hydrogen) atoms. The first-order valence-electron chi connectivity index (χ1n) is 5.18. The van der Waals surface area contributed by atoms with Crippen molar-refractivity contribution in [1.82, 2.24) is 4.90 Å². The predicted molar refractivity (Wildman–Crippen MR) is 56.0 cm³/mol. The van der Waals surface area contributed by atoms with Gasteiger partial charge in [0, 0.05) is 18.2 Å². The maximum Gasteiger partial charge on any atom is 0.333 e. The molecule has 1 aliphatic rings. The summed E-state index contributed by atoms with van der Waals surface area (Å²) in [5.74, 6) is -0.281. The number of rotatable bonds is 4. The lowest BCUT2D eigenvalue weighted by atomic mass is 10.2. The fourth-order valence-electron chi connectivity index (χ4n) is 1.70. The van der Waals surface area contributed by atoms with Gasteiger partial charge in [0.25, 0.3) is 0 Å². The second kappa shape index (κ2) is 5.15. The summed E-state index contributed by atoms with van der Waals surface area (Å²) in [7, 11) is 0. The average Bonchev–Trinajstić information content (AvgIpc) is 2.51. The van der Waals surface area contributed by atoms with Crippen molar-refractivity contribution >= 4 is 5.97 Å². The van der Waals surface area contributed by atoms with Crippen LogP contribution in [0.25, 0.3) is 0 Å². The number of carbonyl (C=O) groups is 1. The van der Waals surface area contributed by atoms with Crippen LogP contribution in [0.5, 0.6) is 0 Å². The molecule has 1 atom stereocenters. The third-order valence-corrected chi connectivity index (χ3v) is 2.65. The molecular formula is C11H19NO2. The molecule has 0 N–H and O–H groups in total. The van der Waals surface area contributed by atoms with Crippen molar-refractivity contribution in [3.63, 3.8) is 0 Å². The molecule has 0 radical (unpaired) electrons. The second-order valence-corrected chi connectivity index (χ2v) is 3.94. The Kier molecular flexibility index (Phi) is 4.14. The normalized spacial score (nSPS) is 22.3. The van der Waals surface area contributed by atoms with Crippen LogP contribution in [0.4, 0.5) is 0 Å². The number of likely N-dealkylation sites (tertiary alicyclic amines) is 1. The molecule has 1 fully saturated rings. The molecule has 0 aromatic rings. The van der Waals surface area contributed by atoms with Crippen molar-refractivity contribution in [3.8, 4) is 0 Å². The zero-order chi connectivity index (χ0) is 10.6. The van der Waals surface area contributed by atoms with Crippen LogP contribution in [0.2, 0.25) is 0 Å². The number of hydrogen-bond acceptors (Lipinski definition) is 3. The minimum absolute atomic E-state index is 0.281. The van der Waals surface area contributed by atoms with E-state index in [1.54, 1.807) is 6.92 Å². The third kappa shape index (κ3) is 3.14. The SMILES string of the molecule is C=C(C)C(=O)OCCN1CCCC1C. The number of ether oxygens (including phenoxy) is 1. The fraction of sp³-hybridized carbons (Fsp3) is 0.727. The Morgan fingerprint density at radius 3 is 2.86 bits per heavy atom. The first-order valence-corrected chi connectivity index (χ1v) is 5.18. The van der Waals surface area contributed by atoms with Crippen molar-refractivity contribution in [2.45, 2.75) is 32.7 Å². The largest absolute Gasteiger partial charge is 0.461 e. The molecule has 0 saturated carbocycles. The van der Waals surface area contributed by atoms with E-state index in [0.29, 0.717) is 18.2 Å². The summed E-state index contributed by atoms with van der Waals surface area (Å²) in [5.41, 5.74) is 0.472. The average molecular weight is 197 g/mol. The van der Waals surface area contributed by atoms with Gasteiger partial charge in [-0.25, -0.2) is 4.79 Å². The van der Waals surface area contributed by atoms with Gasteiger partial charge in [-0.15, -0.1) is 0 Å². The molecule has 0 aromatic heterocycles. The highest BCUT2D eigenvalue weighted by atomic mass is 16.5. The van der Waals surface area contributed by atoms with E-state index in [-0.39, 0.29) is 5.97 Å². The molecule has 0 amide bonds. The van der Waals surface area contributed by atoms with Gasteiger partial charge in [0.05, 0.1) is 0 Å². The van der Waals surface area contributed by atoms with Gasteiger partial charge in [-0.2, -0.15) is 0 Å². The van der Waals surface area contributed by atoms with Crippen LogP contribution in [0.15, 0.2) is 12.2 Å². The summed E-state index contributed by atoms with van der Waals surface area (Å²) in [5, 5.41) is 0. The molecule has 1 heterocycles. The Bertz CT molecular complexity index is 225. The van der Waals surface area contributed by atoms with Gasteiger partial charge < -0.3 is 4.74 Å². The molecule has 0 spiro atoms. The monoisotopic (exact) mass is 197 g/mol. The van der Waals surface area contributed by atoms with Crippen LogP contribution in [0.1, 0.15) is 26.7 Å². The Morgan fingerprint density at radius 1 is 1.64 bits per heavy atom. The van der Waals surface area contributed by atoms with Crippen LogP contribution in [0, 0.1) is 0 Å². The van der Waals surface area contributed by atoms with Crippen molar-refractivity contribution < 1.29 is 9.53 Å². The van der Waals surface area contributed by atoms with E-state index in [4.69, 9.17) is 4.74 Å². The molecule has 0 aromatic carbocycles. The summed E-state index contributed by atoms with van der Waals surface area (Å²) in [6.07, 6.45) is 2.52. The highest BCUT2D eigenvalue weighted by Crippen LogP contribution is 2.15. The van der Waals surface area contributed by atoms with Crippen molar-refractivity contribution in [3.05, 3.63) is 12.2 Å². The molecule has 1 unspecified atom stereocenters. The van der Waals surface area contributed by atoms with Gasteiger partial charge in [0.2, 0.25) is 0 Å². The summed E-state index contributed by atoms with van der Waals surface area (Å²) < 4.78 is 5.03. The summed E-state index contributed by atoms with van der Waals surface area (Å²) >= 11 is 0. The maximum atomic E-state index is 11.1. The predicted octanol–water partition coefficient (Wildman–Crippen LogP) is 1.59. The Hall–Kier alpha value is -0.830. The van der Waals surface area contributed by atoms with E-state index < -0.39 is 0 Å². The van der Waals surface area contributed by atoms with Gasteiger partial charge in [0.15, 0.2) is 0 Å². The molecule has 80 valence electrons. The Labute approximate surface area is 85.7 Å². The standard InChI is InChI=1S/C11H19NO2/c1-9(2)11(13)14-8-7-12-6-4-5-10(12)3/h10H,1,4-8H2,2-3H3. The van der Waals surface area contributed by atoms with Crippen LogP contribution in [-0.4, -0.2) is 36.6 Å². The maximum absolute atomic E-state index is 11.1. The lowest BCUT2D eigenvalue weighted by molar-refractivity contribution is -0.139. The Balaban J connectivity index is 2.15. The molecular weight excluding hydrogens is 178 g/mol. The van der Waals surface area contributed by atoms with Crippen molar-refractivity contribution in [2.75, 3.05) is 19.7 Å². The Morgan fingerprint density at radius 2 is 2.36 bits per heavy atom. The van der Waals surface area contributed by atoms with Gasteiger partial charge in [-0.05, 0) is 33.2 Å². The van der Waals surface area contributed by atoms with Gasteiger partial charge in [0.1, 0.15) is 6.61 Å². The van der Waals surface area contributed by atoms with E-state index in [9.17, 15) is 4.79 Å². The van der Waals surface area contributed by atoms with Crippen molar-refractivity contribution in [2.24, 2.45) is 0 Å². The number of hydrogen-bond donors (Lipinski definition) is 0. The molecule has 3 nitrogen and oxygen atoms in total. The summed E-state index contributed by atoms with van der Waals surface area (Å²) in [6.45, 7) is 9.88. The van der Waals surface area contributed by atoms with E-state index >= 15 is 0 Å². The summed E-state index contributed by atoms with van der Waals surface area (Å²) in [4.78, 5) is 13.4. The molecule has 1 rings (SSSR count). The first-order chi connectivity index (χ1) is 6.61. The minimum atomic E-state index is -0.281. The lowest BCUT2D eigenvalue weighted by Gasteiger charge is -2.20. The second-order valence-electron chi connectivity index (χ2n) is 3.94. The van der Waals surface area contributed by atoms with Crippen LogP contribution in [0.3, 0.4) is 0 Å². The van der Waals surface area contributed by atoms with Gasteiger partial charge >= 0.3 is 5.97 Å².